The molecule has 26 heavy (non-hydrogen) atoms. The number of nitrogens with one attached hydrogen (secondary N) is 1. The van der Waals surface area contributed by atoms with Gasteiger partial charge in [0.05, 0.1) is 12.9 Å². The number of thioether (sulfide) groups is 1. The molecule has 1 aliphatic rings. The lowest BCUT2D eigenvalue weighted by Crippen LogP contribution is -2.34. The first-order chi connectivity index (χ1) is 12.5. The number of nitrogens with zero attached hydrogens (tertiary/aromatic N) is 2. The van der Waals surface area contributed by atoms with Crippen molar-refractivity contribution in [2.24, 2.45) is 0 Å². The van der Waals surface area contributed by atoms with Gasteiger partial charge in [0.15, 0.2) is 5.69 Å². The minimum atomic E-state index is -3.76. The highest BCUT2D eigenvalue weighted by Crippen LogP contribution is 2.42. The number of sulfonamides is 1. The molecule has 1 aliphatic carbocycles. The number of rotatable bonds is 8. The quantitative estimate of drug-likeness (QED) is 0.687. The zero-order valence-corrected chi connectivity index (χ0v) is 15.8. The average Bonchev–Trinajstić information content (AvgIpc) is 3.46. The first-order valence-corrected chi connectivity index (χ1v) is 10.8. The molecule has 7 nitrogen and oxygen atoms in total. The van der Waals surface area contributed by atoms with Gasteiger partial charge in [-0.1, -0.05) is 18.2 Å². The number of amides is 1. The number of hydrogen-bond acceptors (Lipinski definition) is 7. The van der Waals surface area contributed by atoms with Crippen molar-refractivity contribution in [1.82, 2.24) is 14.9 Å². The highest BCUT2D eigenvalue weighted by Gasteiger charge is 2.30. The van der Waals surface area contributed by atoms with Crippen LogP contribution in [-0.2, 0) is 10.0 Å². The van der Waals surface area contributed by atoms with E-state index in [1.165, 1.54) is 24.9 Å². The third-order valence-corrected chi connectivity index (χ3v) is 6.32. The summed E-state index contributed by atoms with van der Waals surface area (Å²) in [5, 5.41) is 7.88. The van der Waals surface area contributed by atoms with Crippen molar-refractivity contribution in [2.45, 2.75) is 23.7 Å². The summed E-state index contributed by atoms with van der Waals surface area (Å²) in [6.45, 7) is 0. The van der Waals surface area contributed by atoms with E-state index in [-0.39, 0.29) is 11.4 Å². The molecule has 1 fully saturated rings. The van der Waals surface area contributed by atoms with Crippen LogP contribution >= 0.6 is 11.8 Å². The first kappa shape index (κ1) is 18.7. The standard InChI is InChI=1S/C17H19N3O4S2/c1-24-15-11-14(18-19-16(15)12-7-8-12)17(21)20-26(22,23)10-9-25-13-5-3-2-4-6-13/h2-6,11-12H,7-10H2,1H3,(H,20,21). The van der Waals surface area contributed by atoms with Gasteiger partial charge in [0.1, 0.15) is 11.4 Å². The Morgan fingerprint density at radius 1 is 1.27 bits per heavy atom. The minimum absolute atomic E-state index is 0.0782. The van der Waals surface area contributed by atoms with Crippen LogP contribution < -0.4 is 9.46 Å². The molecule has 0 aliphatic heterocycles. The molecule has 0 unspecified atom stereocenters. The Morgan fingerprint density at radius 3 is 2.65 bits per heavy atom. The number of benzene rings is 1. The van der Waals surface area contributed by atoms with Crippen LogP contribution in [0.5, 0.6) is 5.75 Å². The van der Waals surface area contributed by atoms with Crippen LogP contribution in [0.2, 0.25) is 0 Å². The summed E-state index contributed by atoms with van der Waals surface area (Å²) in [5.41, 5.74) is 0.636. The normalized spacial score (nSPS) is 14.0. The molecule has 0 spiro atoms. The van der Waals surface area contributed by atoms with Crippen LogP contribution in [0.1, 0.15) is 34.9 Å². The van der Waals surface area contributed by atoms with Gasteiger partial charge in [-0.3, -0.25) is 4.79 Å². The van der Waals surface area contributed by atoms with E-state index >= 15 is 0 Å². The van der Waals surface area contributed by atoms with Crippen molar-refractivity contribution in [3.05, 3.63) is 47.8 Å². The molecule has 0 saturated heterocycles. The van der Waals surface area contributed by atoms with Crippen LogP contribution in [-0.4, -0.2) is 43.1 Å². The molecule has 1 aromatic carbocycles. The SMILES string of the molecule is COc1cc(C(=O)NS(=O)(=O)CCSc2ccccc2)nnc1C1CC1. The summed E-state index contributed by atoms with van der Waals surface area (Å²) in [4.78, 5) is 13.2. The summed E-state index contributed by atoms with van der Waals surface area (Å²) in [6, 6.07) is 10.9. The number of carbonyl (C=O) groups excluding carboxylic acids is 1. The Hall–Kier alpha value is -2.13. The van der Waals surface area contributed by atoms with E-state index in [2.05, 4.69) is 10.2 Å². The molecule has 0 atom stereocenters. The van der Waals surface area contributed by atoms with E-state index in [1.54, 1.807) is 0 Å². The molecule has 0 radical (unpaired) electrons. The van der Waals surface area contributed by atoms with E-state index < -0.39 is 15.9 Å². The summed E-state index contributed by atoms with van der Waals surface area (Å²) in [6.07, 6.45) is 2.04. The van der Waals surface area contributed by atoms with Gasteiger partial charge in [-0.2, -0.15) is 5.10 Å². The largest absolute Gasteiger partial charge is 0.495 e. The predicted octanol–water partition coefficient (Wildman–Crippen LogP) is 2.21. The summed E-state index contributed by atoms with van der Waals surface area (Å²) >= 11 is 1.41. The molecule has 2 aromatic rings. The Labute approximate surface area is 156 Å². The zero-order chi connectivity index (χ0) is 18.6. The second kappa shape index (κ2) is 8.05. The number of carbonyl (C=O) groups is 1. The fourth-order valence-electron chi connectivity index (χ4n) is 2.33. The van der Waals surface area contributed by atoms with Crippen molar-refractivity contribution < 1.29 is 17.9 Å². The highest BCUT2D eigenvalue weighted by atomic mass is 32.2. The third kappa shape index (κ3) is 4.95. The number of ether oxygens (including phenoxy) is 1. The molecule has 0 bridgehead atoms. The number of methoxy groups -OCH3 is 1. The molecular formula is C17H19N3O4S2. The Balaban J connectivity index is 1.59. The van der Waals surface area contributed by atoms with E-state index in [1.807, 2.05) is 35.1 Å². The second-order valence-electron chi connectivity index (χ2n) is 5.87. The van der Waals surface area contributed by atoms with Gasteiger partial charge in [-0.15, -0.1) is 16.9 Å². The third-order valence-electron chi connectivity index (χ3n) is 3.81. The maximum absolute atomic E-state index is 12.2. The van der Waals surface area contributed by atoms with Gasteiger partial charge >= 0.3 is 0 Å². The Morgan fingerprint density at radius 2 is 2.00 bits per heavy atom. The number of hydrogen-bond donors (Lipinski definition) is 1. The topological polar surface area (TPSA) is 98.2 Å². The average molecular weight is 393 g/mol. The second-order valence-corrected chi connectivity index (χ2v) is 8.88. The van der Waals surface area contributed by atoms with Crippen molar-refractivity contribution in [3.63, 3.8) is 0 Å². The molecule has 1 heterocycles. The first-order valence-electron chi connectivity index (χ1n) is 8.13. The van der Waals surface area contributed by atoms with Crippen LogP contribution in [0, 0.1) is 0 Å². The molecule has 9 heteroatoms. The number of aromatic nitrogens is 2. The lowest BCUT2D eigenvalue weighted by molar-refractivity contribution is 0.0975. The van der Waals surface area contributed by atoms with E-state index in [4.69, 9.17) is 4.74 Å². The molecule has 3 rings (SSSR count). The van der Waals surface area contributed by atoms with Crippen LogP contribution in [0.3, 0.4) is 0 Å². The van der Waals surface area contributed by atoms with Gasteiger partial charge < -0.3 is 4.74 Å². The van der Waals surface area contributed by atoms with E-state index in [9.17, 15) is 13.2 Å². The van der Waals surface area contributed by atoms with Crippen LogP contribution in [0.15, 0.2) is 41.3 Å². The van der Waals surface area contributed by atoms with Gasteiger partial charge in [0.2, 0.25) is 10.0 Å². The molecule has 1 saturated carbocycles. The molecule has 1 amide bonds. The van der Waals surface area contributed by atoms with E-state index in [0.717, 1.165) is 17.7 Å². The van der Waals surface area contributed by atoms with Crippen molar-refractivity contribution in [3.8, 4) is 5.75 Å². The van der Waals surface area contributed by atoms with Gasteiger partial charge in [-0.05, 0) is 25.0 Å². The summed E-state index contributed by atoms with van der Waals surface area (Å²) in [5.74, 6) is 0.131. The van der Waals surface area contributed by atoms with Crippen molar-refractivity contribution in [2.75, 3.05) is 18.6 Å². The maximum Gasteiger partial charge on any atom is 0.285 e. The predicted molar refractivity (Wildman–Crippen MR) is 99.0 cm³/mol. The van der Waals surface area contributed by atoms with E-state index in [0.29, 0.717) is 23.1 Å². The van der Waals surface area contributed by atoms with Gasteiger partial charge in [-0.25, -0.2) is 13.1 Å². The molecule has 1 N–H and O–H groups in total. The Bertz CT molecular complexity index is 884. The smallest absolute Gasteiger partial charge is 0.285 e. The summed E-state index contributed by atoms with van der Waals surface area (Å²) < 4.78 is 31.5. The molecular weight excluding hydrogens is 374 g/mol. The van der Waals surface area contributed by atoms with Gasteiger partial charge in [0.25, 0.3) is 5.91 Å². The van der Waals surface area contributed by atoms with Crippen LogP contribution in [0.25, 0.3) is 0 Å². The molecule has 138 valence electrons. The molecule has 1 aromatic heterocycles. The van der Waals surface area contributed by atoms with Crippen molar-refractivity contribution >= 4 is 27.7 Å². The lowest BCUT2D eigenvalue weighted by Gasteiger charge is -2.09. The summed E-state index contributed by atoms with van der Waals surface area (Å²) in [7, 11) is -2.27. The zero-order valence-electron chi connectivity index (χ0n) is 14.2. The Kier molecular flexibility index (Phi) is 5.77. The highest BCUT2D eigenvalue weighted by molar-refractivity contribution is 8.00. The van der Waals surface area contributed by atoms with Gasteiger partial charge in [0, 0.05) is 22.6 Å². The maximum atomic E-state index is 12.2. The fraction of sp³-hybridized carbons (Fsp3) is 0.353. The lowest BCUT2D eigenvalue weighted by atomic mass is 10.2. The minimum Gasteiger partial charge on any atom is -0.495 e. The monoisotopic (exact) mass is 393 g/mol. The fourth-order valence-corrected chi connectivity index (χ4v) is 4.61. The van der Waals surface area contributed by atoms with Crippen molar-refractivity contribution in [1.29, 1.82) is 0 Å². The van der Waals surface area contributed by atoms with Crippen LogP contribution in [0.4, 0.5) is 0 Å².